The Morgan fingerprint density at radius 1 is 1.00 bits per heavy atom. The first-order valence-electron chi connectivity index (χ1n) is 8.86. The summed E-state index contributed by atoms with van der Waals surface area (Å²) in [6.45, 7) is 5.32. The third kappa shape index (κ3) is 3.24. The molecule has 7 nitrogen and oxygen atoms in total. The van der Waals surface area contributed by atoms with E-state index in [-0.39, 0.29) is 33.0 Å². The maximum Gasteiger partial charge on any atom is 0.328 e. The van der Waals surface area contributed by atoms with E-state index < -0.39 is 9.84 Å². The molecule has 3 rings (SSSR count). The number of aryl methyl sites for hydroxylation is 3. The van der Waals surface area contributed by atoms with Gasteiger partial charge in [0.25, 0.3) is 0 Å². The minimum Gasteiger partial charge on any atom is -0.325 e. The third-order valence-corrected chi connectivity index (χ3v) is 6.59. The van der Waals surface area contributed by atoms with Crippen LogP contribution in [0.25, 0.3) is 11.0 Å². The summed E-state index contributed by atoms with van der Waals surface area (Å²) >= 11 is 0. The predicted molar refractivity (Wildman–Crippen MR) is 108 cm³/mol. The van der Waals surface area contributed by atoms with Crippen molar-refractivity contribution in [3.8, 4) is 0 Å². The fraction of sp³-hybridized carbons (Fsp3) is 0.300. The lowest BCUT2D eigenvalue weighted by Crippen LogP contribution is -2.20. The highest BCUT2D eigenvalue weighted by atomic mass is 32.2. The summed E-state index contributed by atoms with van der Waals surface area (Å²) in [4.78, 5) is 24.7. The first-order chi connectivity index (χ1) is 13.0. The molecule has 148 valence electrons. The van der Waals surface area contributed by atoms with Crippen LogP contribution in [-0.2, 0) is 28.7 Å². The predicted octanol–water partition coefficient (Wildman–Crippen LogP) is 2.61. The van der Waals surface area contributed by atoms with E-state index in [2.05, 4.69) is 5.32 Å². The minimum absolute atomic E-state index is 0.0425. The van der Waals surface area contributed by atoms with Gasteiger partial charge in [-0.05, 0) is 31.2 Å². The average molecular weight is 401 g/mol. The molecule has 8 heteroatoms. The SMILES string of the molecule is Cc1ccc(S(=O)(=O)c2cc3c(cc2NC(=O)C(C)C)n(C)c(=O)n3C)cc1. The lowest BCUT2D eigenvalue weighted by molar-refractivity contribution is -0.118. The molecule has 2 aromatic carbocycles. The largest absolute Gasteiger partial charge is 0.328 e. The number of sulfone groups is 1. The number of benzene rings is 2. The number of hydrogen-bond acceptors (Lipinski definition) is 4. The second-order valence-corrected chi connectivity index (χ2v) is 9.12. The molecule has 0 atom stereocenters. The van der Waals surface area contributed by atoms with Crippen LogP contribution in [0.15, 0.2) is 51.0 Å². The van der Waals surface area contributed by atoms with E-state index in [0.29, 0.717) is 11.0 Å². The molecule has 1 N–H and O–H groups in total. The number of carbonyl (C=O) groups is 1. The van der Waals surface area contributed by atoms with Gasteiger partial charge in [-0.1, -0.05) is 31.5 Å². The monoisotopic (exact) mass is 401 g/mol. The number of nitrogens with zero attached hydrogens (tertiary/aromatic N) is 2. The molecular formula is C20H23N3O4S. The molecule has 1 amide bonds. The maximum atomic E-state index is 13.3. The molecule has 1 aromatic heterocycles. The fourth-order valence-corrected chi connectivity index (χ4v) is 4.38. The molecule has 0 bridgehead atoms. The topological polar surface area (TPSA) is 90.2 Å². The lowest BCUT2D eigenvalue weighted by Gasteiger charge is -2.14. The average Bonchev–Trinajstić information content (AvgIpc) is 2.85. The summed E-state index contributed by atoms with van der Waals surface area (Å²) < 4.78 is 29.4. The first kappa shape index (κ1) is 19.9. The zero-order valence-corrected chi connectivity index (χ0v) is 17.3. The molecule has 0 saturated carbocycles. The van der Waals surface area contributed by atoms with Crippen molar-refractivity contribution in [1.82, 2.24) is 9.13 Å². The van der Waals surface area contributed by atoms with Crippen molar-refractivity contribution in [1.29, 1.82) is 0 Å². The second-order valence-electron chi connectivity index (χ2n) is 7.20. The summed E-state index contributed by atoms with van der Waals surface area (Å²) in [6.07, 6.45) is 0. The Balaban J connectivity index is 2.32. The van der Waals surface area contributed by atoms with Gasteiger partial charge in [-0.25, -0.2) is 13.2 Å². The molecular weight excluding hydrogens is 378 g/mol. The fourth-order valence-electron chi connectivity index (χ4n) is 2.97. The minimum atomic E-state index is -3.91. The molecule has 0 aliphatic heterocycles. The van der Waals surface area contributed by atoms with Crippen LogP contribution in [0.1, 0.15) is 19.4 Å². The van der Waals surface area contributed by atoms with Gasteiger partial charge in [-0.2, -0.15) is 0 Å². The second kappa shape index (κ2) is 6.94. The number of aromatic nitrogens is 2. The maximum absolute atomic E-state index is 13.3. The Hall–Kier alpha value is -2.87. The summed E-state index contributed by atoms with van der Waals surface area (Å²) in [7, 11) is -0.722. The number of anilines is 1. The van der Waals surface area contributed by atoms with Gasteiger partial charge in [0.15, 0.2) is 0 Å². The number of hydrogen-bond donors (Lipinski definition) is 1. The molecule has 0 fully saturated rings. The van der Waals surface area contributed by atoms with Crippen molar-refractivity contribution in [2.45, 2.75) is 30.6 Å². The van der Waals surface area contributed by atoms with Gasteiger partial charge in [0.05, 0.1) is 26.5 Å². The van der Waals surface area contributed by atoms with Gasteiger partial charge in [-0.3, -0.25) is 13.9 Å². The van der Waals surface area contributed by atoms with Gasteiger partial charge in [0.1, 0.15) is 0 Å². The number of nitrogens with one attached hydrogen (secondary N) is 1. The van der Waals surface area contributed by atoms with Gasteiger partial charge < -0.3 is 5.32 Å². The lowest BCUT2D eigenvalue weighted by atomic mass is 10.2. The Kier molecular flexibility index (Phi) is 4.93. The zero-order chi connectivity index (χ0) is 20.8. The number of rotatable bonds is 4. The van der Waals surface area contributed by atoms with Crippen molar-refractivity contribution in [2.24, 2.45) is 20.0 Å². The highest BCUT2D eigenvalue weighted by Crippen LogP contribution is 2.32. The van der Waals surface area contributed by atoms with Crippen LogP contribution in [0.4, 0.5) is 5.69 Å². The van der Waals surface area contributed by atoms with Crippen LogP contribution in [-0.4, -0.2) is 23.5 Å². The Labute approximate surface area is 163 Å². The summed E-state index contributed by atoms with van der Waals surface area (Å²) in [5.74, 6) is -0.633. The molecule has 3 aromatic rings. The van der Waals surface area contributed by atoms with Crippen LogP contribution in [0, 0.1) is 12.8 Å². The molecule has 0 aliphatic carbocycles. The molecule has 1 heterocycles. The van der Waals surface area contributed by atoms with E-state index >= 15 is 0 Å². The highest BCUT2D eigenvalue weighted by molar-refractivity contribution is 7.91. The standard InChI is InChI=1S/C20H23N3O4S/c1-12(2)19(24)21-15-10-16-17(23(5)20(25)22(16)4)11-18(15)28(26,27)14-8-6-13(3)7-9-14/h6-12H,1-5H3,(H,21,24). The van der Waals surface area contributed by atoms with Gasteiger partial charge in [0.2, 0.25) is 15.7 Å². The van der Waals surface area contributed by atoms with Gasteiger partial charge in [0, 0.05) is 20.0 Å². The van der Waals surface area contributed by atoms with Crippen molar-refractivity contribution >= 4 is 32.5 Å². The van der Waals surface area contributed by atoms with E-state index in [1.807, 2.05) is 6.92 Å². The van der Waals surface area contributed by atoms with E-state index in [0.717, 1.165) is 5.56 Å². The van der Waals surface area contributed by atoms with Crippen LogP contribution in [0.3, 0.4) is 0 Å². The number of imidazole rings is 1. The smallest absolute Gasteiger partial charge is 0.325 e. The van der Waals surface area contributed by atoms with E-state index in [4.69, 9.17) is 0 Å². The molecule has 0 radical (unpaired) electrons. The molecule has 0 aliphatic rings. The molecule has 0 spiro atoms. The Bertz CT molecular complexity index is 1230. The van der Waals surface area contributed by atoms with E-state index in [9.17, 15) is 18.0 Å². The van der Waals surface area contributed by atoms with E-state index in [1.165, 1.54) is 33.4 Å². The summed E-state index contributed by atoms with van der Waals surface area (Å²) in [5, 5.41) is 2.70. The number of fused-ring (bicyclic) bond motifs is 1. The number of amides is 1. The number of carbonyl (C=O) groups excluding carboxylic acids is 1. The van der Waals surface area contributed by atoms with Crippen LogP contribution >= 0.6 is 0 Å². The molecule has 0 unspecified atom stereocenters. The van der Waals surface area contributed by atoms with Crippen LogP contribution in [0.5, 0.6) is 0 Å². The van der Waals surface area contributed by atoms with Gasteiger partial charge in [-0.15, -0.1) is 0 Å². The van der Waals surface area contributed by atoms with Crippen molar-refractivity contribution < 1.29 is 13.2 Å². The Morgan fingerprint density at radius 2 is 1.54 bits per heavy atom. The Morgan fingerprint density at radius 3 is 2.07 bits per heavy atom. The normalized spacial score (nSPS) is 11.9. The first-order valence-corrected chi connectivity index (χ1v) is 10.3. The van der Waals surface area contributed by atoms with Crippen molar-refractivity contribution in [3.63, 3.8) is 0 Å². The highest BCUT2D eigenvalue weighted by Gasteiger charge is 2.25. The van der Waals surface area contributed by atoms with Crippen molar-refractivity contribution in [3.05, 3.63) is 52.4 Å². The quantitative estimate of drug-likeness (QED) is 0.728. The van der Waals surface area contributed by atoms with E-state index in [1.54, 1.807) is 40.1 Å². The third-order valence-electron chi connectivity index (χ3n) is 4.78. The summed E-state index contributed by atoms with van der Waals surface area (Å²) in [5.41, 5.74) is 1.83. The molecule has 0 saturated heterocycles. The molecule has 28 heavy (non-hydrogen) atoms. The summed E-state index contributed by atoms with van der Waals surface area (Å²) in [6, 6.07) is 9.49. The van der Waals surface area contributed by atoms with Crippen LogP contribution in [0.2, 0.25) is 0 Å². The van der Waals surface area contributed by atoms with Crippen molar-refractivity contribution in [2.75, 3.05) is 5.32 Å². The zero-order valence-electron chi connectivity index (χ0n) is 16.5. The van der Waals surface area contributed by atoms with Gasteiger partial charge >= 0.3 is 5.69 Å². The van der Waals surface area contributed by atoms with Crippen LogP contribution < -0.4 is 11.0 Å².